The van der Waals surface area contributed by atoms with E-state index in [1.807, 2.05) is 0 Å². The van der Waals surface area contributed by atoms with Crippen LogP contribution in [0.15, 0.2) is 47.6 Å². The summed E-state index contributed by atoms with van der Waals surface area (Å²) in [6.07, 6.45) is 1.38. The van der Waals surface area contributed by atoms with Gasteiger partial charge in [-0.25, -0.2) is 9.78 Å². The number of guanidine groups is 1. The van der Waals surface area contributed by atoms with Crippen LogP contribution in [-0.2, 0) is 4.74 Å². The molecule has 23 heavy (non-hydrogen) atoms. The fraction of sp³-hybridized carbons (Fsp3) is 0.0714. The molecule has 0 atom stereocenters. The molecule has 0 unspecified atom stereocenters. The van der Waals surface area contributed by atoms with Crippen LogP contribution < -0.4 is 11.1 Å². The van der Waals surface area contributed by atoms with Crippen molar-refractivity contribution in [2.24, 2.45) is 10.7 Å². The molecule has 0 radical (unpaired) electrons. The Morgan fingerprint density at radius 1 is 1.35 bits per heavy atom. The van der Waals surface area contributed by atoms with E-state index in [0.29, 0.717) is 11.3 Å². The van der Waals surface area contributed by atoms with Crippen LogP contribution >= 0.6 is 0 Å². The molecule has 0 amide bonds. The molecule has 2 aromatic rings. The van der Waals surface area contributed by atoms with Crippen molar-refractivity contribution >= 4 is 29.1 Å². The minimum absolute atomic E-state index is 0.0716. The van der Waals surface area contributed by atoms with Crippen molar-refractivity contribution < 1.29 is 14.5 Å². The number of esters is 1. The first-order chi connectivity index (χ1) is 11.0. The molecule has 9 nitrogen and oxygen atoms in total. The Labute approximate surface area is 131 Å². The molecule has 3 N–H and O–H groups in total. The van der Waals surface area contributed by atoms with E-state index < -0.39 is 10.9 Å². The zero-order valence-corrected chi connectivity index (χ0v) is 12.1. The van der Waals surface area contributed by atoms with Gasteiger partial charge in [0.05, 0.1) is 17.6 Å². The highest BCUT2D eigenvalue weighted by Gasteiger charge is 2.13. The third kappa shape index (κ3) is 4.00. The average Bonchev–Trinajstić information content (AvgIpc) is 2.55. The van der Waals surface area contributed by atoms with Gasteiger partial charge in [-0.1, -0.05) is 0 Å². The molecule has 2 rings (SSSR count). The maximum atomic E-state index is 11.3. The number of aliphatic imine (C=N–C) groups is 1. The largest absolute Gasteiger partial charge is 0.465 e. The summed E-state index contributed by atoms with van der Waals surface area (Å²) < 4.78 is 4.59. The molecular formula is C14H13N5O4. The van der Waals surface area contributed by atoms with Gasteiger partial charge in [-0.3, -0.25) is 10.1 Å². The number of anilines is 1. The van der Waals surface area contributed by atoms with Gasteiger partial charge in [0.1, 0.15) is 0 Å². The molecule has 0 aliphatic carbocycles. The Hall–Kier alpha value is -3.49. The number of carbonyl (C=O) groups excluding carboxylic acids is 1. The number of nitrogens with two attached hydrogens (primary N) is 1. The number of hydrogen-bond acceptors (Lipinski definition) is 6. The molecule has 0 fully saturated rings. The number of hydrogen-bond donors (Lipinski definition) is 2. The Kier molecular flexibility index (Phi) is 4.82. The van der Waals surface area contributed by atoms with Gasteiger partial charge >= 0.3 is 11.7 Å². The topological polar surface area (TPSA) is 133 Å². The highest BCUT2D eigenvalue weighted by molar-refractivity contribution is 5.95. The minimum atomic E-state index is -0.593. The maximum absolute atomic E-state index is 11.3. The van der Waals surface area contributed by atoms with Gasteiger partial charge in [-0.2, -0.15) is 4.99 Å². The second-order valence-electron chi connectivity index (χ2n) is 4.29. The zero-order chi connectivity index (χ0) is 16.8. The van der Waals surface area contributed by atoms with Crippen LogP contribution in [-0.4, -0.2) is 28.9 Å². The van der Waals surface area contributed by atoms with E-state index in [2.05, 4.69) is 20.0 Å². The molecule has 9 heteroatoms. The summed E-state index contributed by atoms with van der Waals surface area (Å²) in [7, 11) is 1.29. The summed E-state index contributed by atoms with van der Waals surface area (Å²) in [5, 5.41) is 13.6. The third-order valence-electron chi connectivity index (χ3n) is 2.77. The van der Waals surface area contributed by atoms with Crippen LogP contribution in [0.5, 0.6) is 0 Å². The number of aromatic nitrogens is 1. The van der Waals surface area contributed by atoms with Gasteiger partial charge in [-0.05, 0) is 30.3 Å². The minimum Gasteiger partial charge on any atom is -0.465 e. The summed E-state index contributed by atoms with van der Waals surface area (Å²) in [5.41, 5.74) is 6.40. The van der Waals surface area contributed by atoms with Crippen molar-refractivity contribution in [3.8, 4) is 0 Å². The van der Waals surface area contributed by atoms with Crippen LogP contribution in [0.2, 0.25) is 0 Å². The number of pyridine rings is 1. The van der Waals surface area contributed by atoms with E-state index in [0.717, 1.165) is 0 Å². The molecule has 1 heterocycles. The third-order valence-corrected chi connectivity index (χ3v) is 2.77. The van der Waals surface area contributed by atoms with Gasteiger partial charge < -0.3 is 15.8 Å². The molecule has 118 valence electrons. The van der Waals surface area contributed by atoms with Crippen LogP contribution in [0, 0.1) is 10.1 Å². The number of nitro groups is 1. The average molecular weight is 315 g/mol. The Balaban J connectivity index is 2.17. The lowest BCUT2D eigenvalue weighted by Gasteiger charge is -2.06. The van der Waals surface area contributed by atoms with E-state index in [-0.39, 0.29) is 17.5 Å². The van der Waals surface area contributed by atoms with E-state index in [9.17, 15) is 14.9 Å². The lowest BCUT2D eigenvalue weighted by molar-refractivity contribution is -0.384. The second kappa shape index (κ2) is 6.98. The fourth-order valence-electron chi connectivity index (χ4n) is 1.71. The molecule has 1 aromatic heterocycles. The van der Waals surface area contributed by atoms with Gasteiger partial charge in [-0.15, -0.1) is 0 Å². The first-order valence-electron chi connectivity index (χ1n) is 6.40. The predicted octanol–water partition coefficient (Wildman–Crippen LogP) is 1.83. The maximum Gasteiger partial charge on any atom is 0.337 e. The molecule has 1 aromatic carbocycles. The SMILES string of the molecule is COC(=O)c1ccc(NC(N)=Nc2ncccc2[N+](=O)[O-])cc1. The van der Waals surface area contributed by atoms with Gasteiger partial charge in [0.15, 0.2) is 5.96 Å². The lowest BCUT2D eigenvalue weighted by atomic mass is 10.2. The smallest absolute Gasteiger partial charge is 0.337 e. The number of methoxy groups -OCH3 is 1. The van der Waals surface area contributed by atoms with Crippen LogP contribution in [0.3, 0.4) is 0 Å². The van der Waals surface area contributed by atoms with Crippen molar-refractivity contribution in [2.45, 2.75) is 0 Å². The van der Waals surface area contributed by atoms with Crippen LogP contribution in [0.25, 0.3) is 0 Å². The van der Waals surface area contributed by atoms with Crippen molar-refractivity contribution in [1.82, 2.24) is 4.98 Å². The first-order valence-corrected chi connectivity index (χ1v) is 6.40. The van der Waals surface area contributed by atoms with Crippen LogP contribution in [0.1, 0.15) is 10.4 Å². The van der Waals surface area contributed by atoms with Gasteiger partial charge in [0, 0.05) is 18.0 Å². The molecule has 0 bridgehead atoms. The first kappa shape index (κ1) is 15.9. The number of carbonyl (C=O) groups is 1. The number of nitrogens with zero attached hydrogens (tertiary/aromatic N) is 3. The lowest BCUT2D eigenvalue weighted by Crippen LogP contribution is -2.22. The zero-order valence-electron chi connectivity index (χ0n) is 12.1. The van der Waals surface area contributed by atoms with E-state index in [1.54, 1.807) is 24.3 Å². The highest BCUT2D eigenvalue weighted by atomic mass is 16.6. The molecule has 0 saturated heterocycles. The Morgan fingerprint density at radius 2 is 2.04 bits per heavy atom. The number of nitrogens with one attached hydrogen (secondary N) is 1. The summed E-state index contributed by atoms with van der Waals surface area (Å²) >= 11 is 0. The summed E-state index contributed by atoms with van der Waals surface area (Å²) in [6, 6.07) is 9.01. The molecule has 0 spiro atoms. The summed E-state index contributed by atoms with van der Waals surface area (Å²) in [6.45, 7) is 0. The van der Waals surface area contributed by atoms with E-state index in [4.69, 9.17) is 5.73 Å². The molecule has 0 saturated carbocycles. The van der Waals surface area contributed by atoms with Crippen molar-refractivity contribution in [3.63, 3.8) is 0 Å². The molecular weight excluding hydrogens is 302 g/mol. The molecule has 0 aliphatic rings. The quantitative estimate of drug-likeness (QED) is 0.289. The van der Waals surface area contributed by atoms with Crippen LogP contribution in [0.4, 0.5) is 17.2 Å². The van der Waals surface area contributed by atoms with Crippen molar-refractivity contribution in [1.29, 1.82) is 0 Å². The monoisotopic (exact) mass is 315 g/mol. The normalized spacial score (nSPS) is 10.9. The standard InChI is InChI=1S/C14H13N5O4/c1-23-13(20)9-4-6-10(7-5-9)17-14(15)18-12-11(19(21)22)3-2-8-16-12/h2-8H,1H3,(H3,15,16,17,18). The Bertz CT molecular complexity index is 758. The van der Waals surface area contributed by atoms with E-state index in [1.165, 1.54) is 25.4 Å². The number of benzene rings is 1. The van der Waals surface area contributed by atoms with Crippen molar-refractivity contribution in [3.05, 3.63) is 58.3 Å². The predicted molar refractivity (Wildman–Crippen MR) is 83.6 cm³/mol. The van der Waals surface area contributed by atoms with Gasteiger partial charge in [0.25, 0.3) is 0 Å². The summed E-state index contributed by atoms with van der Waals surface area (Å²) in [5.74, 6) is -0.631. The summed E-state index contributed by atoms with van der Waals surface area (Å²) in [4.78, 5) is 29.3. The highest BCUT2D eigenvalue weighted by Crippen LogP contribution is 2.23. The van der Waals surface area contributed by atoms with Crippen molar-refractivity contribution in [2.75, 3.05) is 12.4 Å². The number of ether oxygens (including phenoxy) is 1. The fourth-order valence-corrected chi connectivity index (χ4v) is 1.71. The van der Waals surface area contributed by atoms with Gasteiger partial charge in [0.2, 0.25) is 5.82 Å². The number of rotatable bonds is 4. The Morgan fingerprint density at radius 3 is 2.65 bits per heavy atom. The second-order valence-corrected chi connectivity index (χ2v) is 4.29. The van der Waals surface area contributed by atoms with E-state index >= 15 is 0 Å². The molecule has 0 aliphatic heterocycles.